The van der Waals surface area contributed by atoms with E-state index in [2.05, 4.69) is 33.6 Å². The number of guanidine groups is 1. The van der Waals surface area contributed by atoms with Gasteiger partial charge in [-0.2, -0.15) is 11.8 Å². The Kier molecular flexibility index (Phi) is 13.5. The molecular weight excluding hydrogens is 505 g/mol. The normalized spacial score (nSPS) is 20.1. The van der Waals surface area contributed by atoms with Gasteiger partial charge in [-0.05, 0) is 26.0 Å². The quantitative estimate of drug-likeness (QED) is 0.193. The molecule has 0 atom stereocenters. The number of hydrogen-bond acceptors (Lipinski definition) is 6. The Bertz CT molecular complexity index is 498. The van der Waals surface area contributed by atoms with Gasteiger partial charge in [0, 0.05) is 64.3 Å². The standard InChI is InChI=1S/C19H37N5O3S.HI/c1-4-20-18(22-16-19(28-3)5-12-27-13-6-19)24-10-8-23(9-11-24)15-17(25)21-7-14-26-2;/h4-16H2,1-3H3,(H,20,22)(H,21,25);1H. The number of halogens is 1. The molecule has 1 amide bonds. The number of carbonyl (C=O) groups excluding carboxylic acids is 1. The maximum absolute atomic E-state index is 12.0. The summed E-state index contributed by atoms with van der Waals surface area (Å²) < 4.78 is 10.7. The van der Waals surface area contributed by atoms with Crippen molar-refractivity contribution >= 4 is 47.6 Å². The van der Waals surface area contributed by atoms with Crippen molar-refractivity contribution in [2.24, 2.45) is 4.99 Å². The van der Waals surface area contributed by atoms with E-state index in [1.54, 1.807) is 7.11 Å². The van der Waals surface area contributed by atoms with Crippen LogP contribution in [0, 0.1) is 0 Å². The van der Waals surface area contributed by atoms with Crippen molar-refractivity contribution in [1.29, 1.82) is 0 Å². The molecule has 2 rings (SSSR count). The second-order valence-corrected chi connectivity index (χ2v) is 8.55. The molecule has 0 saturated carbocycles. The smallest absolute Gasteiger partial charge is 0.234 e. The zero-order valence-electron chi connectivity index (χ0n) is 18.1. The Balaban J connectivity index is 0.00000420. The summed E-state index contributed by atoms with van der Waals surface area (Å²) in [6, 6.07) is 0. The molecule has 2 N–H and O–H groups in total. The predicted molar refractivity (Wildman–Crippen MR) is 131 cm³/mol. The molecular formula is C19H38IN5O3S. The molecule has 0 unspecified atom stereocenters. The lowest BCUT2D eigenvalue weighted by molar-refractivity contribution is -0.122. The Morgan fingerprint density at radius 2 is 1.90 bits per heavy atom. The van der Waals surface area contributed by atoms with Gasteiger partial charge < -0.3 is 25.0 Å². The number of aliphatic imine (C=N–C) groups is 1. The molecule has 2 fully saturated rings. The highest BCUT2D eigenvalue weighted by Crippen LogP contribution is 2.34. The van der Waals surface area contributed by atoms with Crippen molar-refractivity contribution in [3.05, 3.63) is 0 Å². The summed E-state index contributed by atoms with van der Waals surface area (Å²) >= 11 is 1.92. The van der Waals surface area contributed by atoms with Crippen molar-refractivity contribution in [1.82, 2.24) is 20.4 Å². The molecule has 0 aromatic carbocycles. The van der Waals surface area contributed by atoms with Gasteiger partial charge in [0.15, 0.2) is 5.96 Å². The van der Waals surface area contributed by atoms with E-state index in [-0.39, 0.29) is 34.6 Å². The molecule has 2 heterocycles. The molecule has 8 nitrogen and oxygen atoms in total. The maximum Gasteiger partial charge on any atom is 0.234 e. The van der Waals surface area contributed by atoms with Gasteiger partial charge in [-0.3, -0.25) is 14.7 Å². The molecule has 0 radical (unpaired) electrons. The van der Waals surface area contributed by atoms with Gasteiger partial charge >= 0.3 is 0 Å². The average Bonchev–Trinajstić information content (AvgIpc) is 2.73. The van der Waals surface area contributed by atoms with Crippen LogP contribution in [0.3, 0.4) is 0 Å². The molecule has 0 bridgehead atoms. The minimum Gasteiger partial charge on any atom is -0.383 e. The summed E-state index contributed by atoms with van der Waals surface area (Å²) in [5, 5.41) is 6.33. The van der Waals surface area contributed by atoms with Gasteiger partial charge in [0.25, 0.3) is 0 Å². The number of methoxy groups -OCH3 is 1. The third-order valence-corrected chi connectivity index (χ3v) is 6.76. The second-order valence-electron chi connectivity index (χ2n) is 7.28. The van der Waals surface area contributed by atoms with E-state index in [1.165, 1.54) is 0 Å². The predicted octanol–water partition coefficient (Wildman–Crippen LogP) is 0.862. The van der Waals surface area contributed by atoms with Crippen molar-refractivity contribution in [2.75, 3.05) is 85.5 Å². The topological polar surface area (TPSA) is 78.4 Å². The molecule has 29 heavy (non-hydrogen) atoms. The molecule has 0 spiro atoms. The Morgan fingerprint density at radius 1 is 1.21 bits per heavy atom. The summed E-state index contributed by atoms with van der Waals surface area (Å²) in [7, 11) is 1.64. The highest BCUT2D eigenvalue weighted by atomic mass is 127. The SMILES string of the molecule is CCNC(=NCC1(SC)CCOCC1)N1CCN(CC(=O)NCCOC)CC1.I. The summed E-state index contributed by atoms with van der Waals surface area (Å²) in [5.74, 6) is 1.05. The third-order valence-electron chi connectivity index (χ3n) is 5.36. The molecule has 2 aliphatic heterocycles. The summed E-state index contributed by atoms with van der Waals surface area (Å²) in [4.78, 5) is 21.5. The lowest BCUT2D eigenvalue weighted by Gasteiger charge is -2.38. The van der Waals surface area contributed by atoms with Crippen LogP contribution in [0.4, 0.5) is 0 Å². The fraction of sp³-hybridized carbons (Fsp3) is 0.895. The Labute approximate surface area is 196 Å². The van der Waals surface area contributed by atoms with Crippen LogP contribution >= 0.6 is 35.7 Å². The first kappa shape index (κ1) is 26.7. The van der Waals surface area contributed by atoms with Crippen molar-refractivity contribution < 1.29 is 14.3 Å². The summed E-state index contributed by atoms with van der Waals surface area (Å²) in [5.41, 5.74) is 0. The van der Waals surface area contributed by atoms with Gasteiger partial charge in [0.1, 0.15) is 0 Å². The fourth-order valence-electron chi connectivity index (χ4n) is 3.48. The van der Waals surface area contributed by atoms with Crippen molar-refractivity contribution in [3.63, 3.8) is 0 Å². The zero-order chi connectivity index (χ0) is 20.2. The van der Waals surface area contributed by atoms with Gasteiger partial charge in [-0.1, -0.05) is 0 Å². The number of rotatable bonds is 9. The van der Waals surface area contributed by atoms with Crippen LogP contribution in [-0.2, 0) is 14.3 Å². The number of amides is 1. The lowest BCUT2D eigenvalue weighted by atomic mass is 9.99. The summed E-state index contributed by atoms with van der Waals surface area (Å²) in [6.07, 6.45) is 4.30. The van der Waals surface area contributed by atoms with Crippen LogP contribution in [0.5, 0.6) is 0 Å². The zero-order valence-corrected chi connectivity index (χ0v) is 21.2. The number of nitrogens with one attached hydrogen (secondary N) is 2. The Morgan fingerprint density at radius 3 is 2.48 bits per heavy atom. The van der Waals surface area contributed by atoms with E-state index in [9.17, 15) is 4.79 Å². The first-order valence-corrected chi connectivity index (χ1v) is 11.5. The lowest BCUT2D eigenvalue weighted by Crippen LogP contribution is -2.54. The monoisotopic (exact) mass is 543 g/mol. The van der Waals surface area contributed by atoms with Gasteiger partial charge in [0.05, 0.1) is 19.7 Å². The fourth-order valence-corrected chi connectivity index (χ4v) is 4.25. The molecule has 0 aromatic rings. The van der Waals surface area contributed by atoms with Gasteiger partial charge in [-0.15, -0.1) is 24.0 Å². The van der Waals surface area contributed by atoms with E-state index < -0.39 is 0 Å². The summed E-state index contributed by atoms with van der Waals surface area (Å²) in [6.45, 7) is 10.5. The van der Waals surface area contributed by atoms with E-state index in [0.717, 1.165) is 71.3 Å². The van der Waals surface area contributed by atoms with Crippen LogP contribution in [0.1, 0.15) is 19.8 Å². The first-order valence-electron chi connectivity index (χ1n) is 10.3. The minimum atomic E-state index is 0. The molecule has 0 aromatic heterocycles. The number of ether oxygens (including phenoxy) is 2. The van der Waals surface area contributed by atoms with E-state index in [1.807, 2.05) is 11.8 Å². The molecule has 170 valence electrons. The number of hydrogen-bond donors (Lipinski definition) is 2. The van der Waals surface area contributed by atoms with Crippen LogP contribution in [0.2, 0.25) is 0 Å². The van der Waals surface area contributed by atoms with Crippen LogP contribution in [0.15, 0.2) is 4.99 Å². The van der Waals surface area contributed by atoms with E-state index in [0.29, 0.717) is 19.7 Å². The first-order chi connectivity index (χ1) is 13.6. The van der Waals surface area contributed by atoms with E-state index in [4.69, 9.17) is 14.5 Å². The number of carbonyl (C=O) groups is 1. The van der Waals surface area contributed by atoms with Crippen molar-refractivity contribution in [2.45, 2.75) is 24.5 Å². The highest BCUT2D eigenvalue weighted by Gasteiger charge is 2.32. The molecule has 2 aliphatic rings. The molecule has 2 saturated heterocycles. The van der Waals surface area contributed by atoms with Gasteiger partial charge in [0.2, 0.25) is 5.91 Å². The van der Waals surface area contributed by atoms with Crippen LogP contribution < -0.4 is 10.6 Å². The maximum atomic E-state index is 12.0. The van der Waals surface area contributed by atoms with E-state index >= 15 is 0 Å². The number of thioether (sulfide) groups is 1. The van der Waals surface area contributed by atoms with Crippen LogP contribution in [0.25, 0.3) is 0 Å². The largest absolute Gasteiger partial charge is 0.383 e. The average molecular weight is 544 g/mol. The number of nitrogens with zero attached hydrogens (tertiary/aromatic N) is 3. The highest BCUT2D eigenvalue weighted by molar-refractivity contribution is 14.0. The minimum absolute atomic E-state index is 0. The van der Waals surface area contributed by atoms with Gasteiger partial charge in [-0.25, -0.2) is 0 Å². The van der Waals surface area contributed by atoms with Crippen LogP contribution in [-0.4, -0.2) is 112 Å². The number of piperazine rings is 1. The van der Waals surface area contributed by atoms with Crippen molar-refractivity contribution in [3.8, 4) is 0 Å². The third kappa shape index (κ3) is 9.16. The molecule has 10 heteroatoms. The molecule has 0 aliphatic carbocycles. The second kappa shape index (κ2) is 14.7. The Hall–Kier alpha value is -0.300.